The fourth-order valence-corrected chi connectivity index (χ4v) is 3.34. The van der Waals surface area contributed by atoms with Crippen molar-refractivity contribution in [2.45, 2.75) is 25.7 Å². The molecular weight excluding hydrogens is 533 g/mol. The van der Waals surface area contributed by atoms with Gasteiger partial charge in [-0.3, -0.25) is 4.99 Å². The number of ether oxygens (including phenoxy) is 2. The lowest BCUT2D eigenvalue weighted by Gasteiger charge is -2.21. The van der Waals surface area contributed by atoms with Crippen molar-refractivity contribution in [3.8, 4) is 11.4 Å². The summed E-state index contributed by atoms with van der Waals surface area (Å²) in [6.45, 7) is 4.74. The molecule has 0 radical (unpaired) electrons. The first kappa shape index (κ1) is 25.8. The van der Waals surface area contributed by atoms with Crippen molar-refractivity contribution in [2.24, 2.45) is 10.9 Å². The van der Waals surface area contributed by atoms with Gasteiger partial charge in [0, 0.05) is 63.6 Å². The number of aromatic nitrogens is 2. The van der Waals surface area contributed by atoms with Gasteiger partial charge in [-0.05, 0) is 37.3 Å². The second kappa shape index (κ2) is 14.6. The predicted molar refractivity (Wildman–Crippen MR) is 132 cm³/mol. The lowest BCUT2D eigenvalue weighted by molar-refractivity contribution is 0.0203. The van der Waals surface area contributed by atoms with Crippen LogP contribution in [0.5, 0.6) is 0 Å². The van der Waals surface area contributed by atoms with Gasteiger partial charge in [-0.15, -0.1) is 24.0 Å². The smallest absolute Gasteiger partial charge is 0.228 e. The topological polar surface area (TPSA) is 93.8 Å². The first-order valence-electron chi connectivity index (χ1n) is 10.4. The van der Waals surface area contributed by atoms with Crippen molar-refractivity contribution >= 4 is 41.5 Å². The van der Waals surface area contributed by atoms with Crippen LogP contribution in [-0.4, -0.2) is 62.7 Å². The van der Waals surface area contributed by atoms with E-state index in [0.29, 0.717) is 35.6 Å². The Balaban J connectivity index is 0.00000341. The van der Waals surface area contributed by atoms with E-state index in [2.05, 4.69) is 25.8 Å². The molecule has 1 aliphatic rings. The average Bonchev–Trinajstić information content (AvgIpc) is 3.24. The van der Waals surface area contributed by atoms with Crippen LogP contribution < -0.4 is 10.6 Å². The minimum absolute atomic E-state index is 0. The summed E-state index contributed by atoms with van der Waals surface area (Å²) < 4.78 is 16.5. The van der Waals surface area contributed by atoms with Gasteiger partial charge in [0.25, 0.3) is 0 Å². The molecule has 2 N–H and O–H groups in total. The molecule has 2 heterocycles. The fraction of sp³-hybridized carbons (Fsp3) is 0.571. The summed E-state index contributed by atoms with van der Waals surface area (Å²) in [5, 5.41) is 11.2. The van der Waals surface area contributed by atoms with E-state index in [0.717, 1.165) is 63.8 Å². The third-order valence-corrected chi connectivity index (χ3v) is 5.09. The Hall–Kier alpha value is -1.43. The van der Waals surface area contributed by atoms with Crippen molar-refractivity contribution < 1.29 is 14.0 Å². The highest BCUT2D eigenvalue weighted by Gasteiger charge is 2.13. The number of hydrogen-bond donors (Lipinski definition) is 2. The number of rotatable bonds is 10. The van der Waals surface area contributed by atoms with Crippen molar-refractivity contribution in [1.82, 2.24) is 20.8 Å². The van der Waals surface area contributed by atoms with Crippen LogP contribution >= 0.6 is 35.6 Å². The fourth-order valence-electron chi connectivity index (χ4n) is 3.15. The maximum absolute atomic E-state index is 6.01. The molecule has 1 fully saturated rings. The van der Waals surface area contributed by atoms with E-state index in [1.54, 1.807) is 7.05 Å². The molecule has 0 unspecified atom stereocenters. The van der Waals surface area contributed by atoms with E-state index in [9.17, 15) is 0 Å². The normalized spacial score (nSPS) is 14.8. The number of benzene rings is 1. The maximum atomic E-state index is 6.01. The molecule has 0 bridgehead atoms. The lowest BCUT2D eigenvalue weighted by Crippen LogP contribution is -2.39. The largest absolute Gasteiger partial charge is 0.381 e. The molecule has 1 aromatic carbocycles. The highest BCUT2D eigenvalue weighted by Crippen LogP contribution is 2.20. The summed E-state index contributed by atoms with van der Waals surface area (Å²) in [7, 11) is 1.75. The molecule has 10 heteroatoms. The summed E-state index contributed by atoms with van der Waals surface area (Å²) in [6.07, 6.45) is 3.74. The summed E-state index contributed by atoms with van der Waals surface area (Å²) >= 11 is 6.01. The van der Waals surface area contributed by atoms with Crippen LogP contribution in [0.15, 0.2) is 33.8 Å². The lowest BCUT2D eigenvalue weighted by atomic mass is 10.0. The Bertz CT molecular complexity index is 799. The maximum Gasteiger partial charge on any atom is 0.228 e. The Morgan fingerprint density at radius 3 is 2.84 bits per heavy atom. The summed E-state index contributed by atoms with van der Waals surface area (Å²) in [6, 6.07) is 7.39. The van der Waals surface area contributed by atoms with E-state index in [1.807, 2.05) is 24.3 Å². The van der Waals surface area contributed by atoms with Crippen LogP contribution in [0.1, 0.15) is 25.2 Å². The standard InChI is InChI=1S/C21H30ClN5O3.HI/c1-23-21(24-9-3-11-29-15-16-7-12-28-13-8-16)25-10-6-19-26-20(27-30-19)17-4-2-5-18(22)14-17;/h2,4-5,14,16H,3,6-13,15H2,1H3,(H2,23,24,25);1H. The van der Waals surface area contributed by atoms with Gasteiger partial charge in [0.15, 0.2) is 5.96 Å². The molecule has 0 amide bonds. The first-order valence-corrected chi connectivity index (χ1v) is 10.8. The molecule has 2 aromatic rings. The molecule has 31 heavy (non-hydrogen) atoms. The Kier molecular flexibility index (Phi) is 12.2. The van der Waals surface area contributed by atoms with Gasteiger partial charge in [0.1, 0.15) is 0 Å². The van der Waals surface area contributed by atoms with Crippen LogP contribution in [0, 0.1) is 5.92 Å². The summed E-state index contributed by atoms with van der Waals surface area (Å²) in [5.74, 6) is 2.49. The quantitative estimate of drug-likeness (QED) is 0.198. The van der Waals surface area contributed by atoms with Crippen molar-refractivity contribution in [3.63, 3.8) is 0 Å². The zero-order chi connectivity index (χ0) is 21.0. The van der Waals surface area contributed by atoms with Crippen LogP contribution in [0.3, 0.4) is 0 Å². The van der Waals surface area contributed by atoms with Gasteiger partial charge < -0.3 is 24.6 Å². The second-order valence-corrected chi connectivity index (χ2v) is 7.62. The van der Waals surface area contributed by atoms with E-state index < -0.39 is 0 Å². The molecule has 1 aliphatic heterocycles. The van der Waals surface area contributed by atoms with Gasteiger partial charge in [0.2, 0.25) is 11.7 Å². The number of guanidine groups is 1. The van der Waals surface area contributed by atoms with Crippen LogP contribution in [-0.2, 0) is 15.9 Å². The monoisotopic (exact) mass is 563 g/mol. The highest BCUT2D eigenvalue weighted by molar-refractivity contribution is 14.0. The van der Waals surface area contributed by atoms with Gasteiger partial charge in [0.05, 0.1) is 0 Å². The molecule has 1 saturated heterocycles. The minimum atomic E-state index is 0. The highest BCUT2D eigenvalue weighted by atomic mass is 127. The molecular formula is C21H31ClIN5O3. The Morgan fingerprint density at radius 1 is 1.26 bits per heavy atom. The number of nitrogens with zero attached hydrogens (tertiary/aromatic N) is 3. The van der Waals surface area contributed by atoms with Crippen molar-refractivity contribution in [2.75, 3.05) is 46.6 Å². The SMILES string of the molecule is CN=C(NCCCOCC1CCOCC1)NCCc1nc(-c2cccc(Cl)c2)no1.I. The molecule has 0 atom stereocenters. The summed E-state index contributed by atoms with van der Waals surface area (Å²) in [5.41, 5.74) is 0.835. The molecule has 0 aliphatic carbocycles. The molecule has 172 valence electrons. The number of aliphatic imine (C=N–C) groups is 1. The van der Waals surface area contributed by atoms with Gasteiger partial charge in [-0.1, -0.05) is 28.9 Å². The van der Waals surface area contributed by atoms with Crippen LogP contribution in [0.25, 0.3) is 11.4 Å². The van der Waals surface area contributed by atoms with Crippen molar-refractivity contribution in [1.29, 1.82) is 0 Å². The second-order valence-electron chi connectivity index (χ2n) is 7.18. The molecule has 8 nitrogen and oxygen atoms in total. The Labute approximate surface area is 205 Å². The average molecular weight is 564 g/mol. The molecule has 0 spiro atoms. The van der Waals surface area contributed by atoms with E-state index in [-0.39, 0.29) is 24.0 Å². The van der Waals surface area contributed by atoms with Gasteiger partial charge in [-0.25, -0.2) is 0 Å². The minimum Gasteiger partial charge on any atom is -0.381 e. The molecule has 3 rings (SSSR count). The number of nitrogens with one attached hydrogen (secondary N) is 2. The molecule has 1 aromatic heterocycles. The van der Waals surface area contributed by atoms with Gasteiger partial charge >= 0.3 is 0 Å². The zero-order valence-electron chi connectivity index (χ0n) is 17.8. The van der Waals surface area contributed by atoms with E-state index in [1.165, 1.54) is 0 Å². The number of hydrogen-bond acceptors (Lipinski definition) is 6. The van der Waals surface area contributed by atoms with Gasteiger partial charge in [-0.2, -0.15) is 4.98 Å². The van der Waals surface area contributed by atoms with Crippen LogP contribution in [0.2, 0.25) is 5.02 Å². The van der Waals surface area contributed by atoms with Crippen molar-refractivity contribution in [3.05, 3.63) is 35.2 Å². The first-order chi connectivity index (χ1) is 14.7. The number of halogens is 2. The molecule has 0 saturated carbocycles. The van der Waals surface area contributed by atoms with E-state index >= 15 is 0 Å². The predicted octanol–water partition coefficient (Wildman–Crippen LogP) is 3.55. The summed E-state index contributed by atoms with van der Waals surface area (Å²) in [4.78, 5) is 8.65. The van der Waals surface area contributed by atoms with Crippen LogP contribution in [0.4, 0.5) is 0 Å². The Morgan fingerprint density at radius 2 is 2.06 bits per heavy atom. The third-order valence-electron chi connectivity index (χ3n) is 4.86. The van der Waals surface area contributed by atoms with E-state index in [4.69, 9.17) is 25.6 Å². The zero-order valence-corrected chi connectivity index (χ0v) is 20.9. The third kappa shape index (κ3) is 9.30.